The molecule has 4 aromatic rings. The minimum Gasteiger partial charge on any atom is -0.494 e. The molecule has 0 fully saturated rings. The van der Waals surface area contributed by atoms with E-state index < -0.39 is 11.9 Å². The Hall–Kier alpha value is -4.52. The first-order valence-electron chi connectivity index (χ1n) is 13.5. The highest BCUT2D eigenvalue weighted by Crippen LogP contribution is 2.28. The lowest BCUT2D eigenvalue weighted by Gasteiger charge is -2.08. The Labute approximate surface area is 234 Å². The normalized spacial score (nSPS) is 11.2. The van der Waals surface area contributed by atoms with Gasteiger partial charge in [0.05, 0.1) is 19.6 Å². The summed E-state index contributed by atoms with van der Waals surface area (Å²) in [4.78, 5) is 22.5. The van der Waals surface area contributed by atoms with Gasteiger partial charge in [-0.05, 0) is 78.8 Å². The molecule has 0 bridgehead atoms. The molecular weight excluding hydrogens is 506 g/mol. The van der Waals surface area contributed by atoms with E-state index in [1.807, 2.05) is 96.6 Å². The topological polar surface area (TPSA) is 98.0 Å². The van der Waals surface area contributed by atoms with Gasteiger partial charge in [-0.25, -0.2) is 0 Å². The van der Waals surface area contributed by atoms with E-state index in [9.17, 15) is 14.7 Å². The molecule has 3 aromatic carbocycles. The zero-order chi connectivity index (χ0) is 28.3. The van der Waals surface area contributed by atoms with Crippen molar-refractivity contribution in [2.24, 2.45) is 0 Å². The van der Waals surface area contributed by atoms with Crippen molar-refractivity contribution in [1.82, 2.24) is 4.57 Å². The molecule has 2 N–H and O–H groups in total. The lowest BCUT2D eigenvalue weighted by molar-refractivity contribution is -0.137. The number of fused-ring (bicyclic) bond motifs is 1. The number of ether oxygens (including phenoxy) is 2. The van der Waals surface area contributed by atoms with Gasteiger partial charge in [-0.3, -0.25) is 9.59 Å². The van der Waals surface area contributed by atoms with Crippen LogP contribution in [0.3, 0.4) is 0 Å². The minimum absolute atomic E-state index is 0.0651. The number of nitrogens with zero attached hydrogens (tertiary/aromatic N) is 1. The highest BCUT2D eigenvalue weighted by molar-refractivity contribution is 5.96. The number of benzene rings is 3. The van der Waals surface area contributed by atoms with Crippen molar-refractivity contribution in [3.8, 4) is 11.5 Å². The first kappa shape index (κ1) is 28.5. The van der Waals surface area contributed by atoms with Crippen molar-refractivity contribution in [2.75, 3.05) is 13.2 Å². The molecule has 1 heterocycles. The summed E-state index contributed by atoms with van der Waals surface area (Å²) in [5.74, 6) is -0.0447. The molecule has 0 atom stereocenters. The SMILES string of the molecule is Cc1cccc(OCCCCOc2ccc(C=Cc3cccc4c3c(CC(=O)O)cn4CCCC(=O)O)cc2)c1. The Balaban J connectivity index is 1.34. The van der Waals surface area contributed by atoms with Crippen LogP contribution in [0, 0.1) is 6.92 Å². The van der Waals surface area contributed by atoms with E-state index in [2.05, 4.69) is 0 Å². The Morgan fingerprint density at radius 3 is 2.25 bits per heavy atom. The highest BCUT2D eigenvalue weighted by atomic mass is 16.5. The van der Waals surface area contributed by atoms with Gasteiger partial charge in [0.2, 0.25) is 0 Å². The molecule has 7 heteroatoms. The van der Waals surface area contributed by atoms with Crippen molar-refractivity contribution in [3.05, 3.63) is 95.2 Å². The molecule has 4 rings (SSSR count). The summed E-state index contributed by atoms with van der Waals surface area (Å²) in [7, 11) is 0. The van der Waals surface area contributed by atoms with Crippen LogP contribution >= 0.6 is 0 Å². The molecule has 0 spiro atoms. The Kier molecular flexibility index (Phi) is 9.99. The van der Waals surface area contributed by atoms with E-state index >= 15 is 0 Å². The zero-order valence-corrected chi connectivity index (χ0v) is 22.7. The van der Waals surface area contributed by atoms with Crippen molar-refractivity contribution in [3.63, 3.8) is 0 Å². The Bertz CT molecular complexity index is 1470. The van der Waals surface area contributed by atoms with Gasteiger partial charge in [0, 0.05) is 30.1 Å². The van der Waals surface area contributed by atoms with Gasteiger partial charge >= 0.3 is 11.9 Å². The highest BCUT2D eigenvalue weighted by Gasteiger charge is 2.14. The molecule has 1 aromatic heterocycles. The average molecular weight is 542 g/mol. The second kappa shape index (κ2) is 14.0. The molecule has 0 aliphatic carbocycles. The van der Waals surface area contributed by atoms with Gasteiger partial charge < -0.3 is 24.3 Å². The lowest BCUT2D eigenvalue weighted by Crippen LogP contribution is -2.02. The van der Waals surface area contributed by atoms with Crippen LogP contribution < -0.4 is 9.47 Å². The maximum absolute atomic E-state index is 11.5. The van der Waals surface area contributed by atoms with Gasteiger partial charge in [-0.1, -0.05) is 48.6 Å². The molecule has 0 unspecified atom stereocenters. The number of aromatic nitrogens is 1. The van der Waals surface area contributed by atoms with E-state index in [-0.39, 0.29) is 12.8 Å². The molecule has 0 radical (unpaired) electrons. The van der Waals surface area contributed by atoms with Gasteiger partial charge in [-0.2, -0.15) is 0 Å². The van der Waals surface area contributed by atoms with E-state index in [1.54, 1.807) is 0 Å². The van der Waals surface area contributed by atoms with Gasteiger partial charge in [-0.15, -0.1) is 0 Å². The van der Waals surface area contributed by atoms with E-state index in [0.29, 0.717) is 31.7 Å². The van der Waals surface area contributed by atoms with E-state index in [4.69, 9.17) is 14.6 Å². The number of hydrogen-bond acceptors (Lipinski definition) is 4. The number of rotatable bonds is 15. The molecule has 0 saturated heterocycles. The summed E-state index contributed by atoms with van der Waals surface area (Å²) in [5.41, 5.74) is 4.71. The van der Waals surface area contributed by atoms with Crippen molar-refractivity contribution in [1.29, 1.82) is 0 Å². The third kappa shape index (κ3) is 8.24. The zero-order valence-electron chi connectivity index (χ0n) is 22.7. The number of carboxylic acid groups (broad SMARTS) is 2. The molecule has 0 amide bonds. The van der Waals surface area contributed by atoms with Crippen LogP contribution in [-0.2, 0) is 22.6 Å². The molecular formula is C33H35NO6. The van der Waals surface area contributed by atoms with Crippen molar-refractivity contribution in [2.45, 2.75) is 45.6 Å². The van der Waals surface area contributed by atoms with Crippen LogP contribution in [0.2, 0.25) is 0 Å². The van der Waals surface area contributed by atoms with Gasteiger partial charge in [0.25, 0.3) is 0 Å². The Morgan fingerprint density at radius 2 is 1.55 bits per heavy atom. The number of aryl methyl sites for hydroxylation is 2. The molecule has 208 valence electrons. The van der Waals surface area contributed by atoms with Crippen LogP contribution in [0.15, 0.2) is 72.9 Å². The number of carbonyl (C=O) groups is 2. The molecule has 40 heavy (non-hydrogen) atoms. The second-order valence-corrected chi connectivity index (χ2v) is 9.78. The molecule has 0 saturated carbocycles. The van der Waals surface area contributed by atoms with Crippen LogP contribution in [0.5, 0.6) is 11.5 Å². The third-order valence-electron chi connectivity index (χ3n) is 6.55. The summed E-state index contributed by atoms with van der Waals surface area (Å²) in [5, 5.41) is 19.3. The standard InChI is InChI=1S/C33H35NO6/c1-24-7-4-9-29(21-24)40-20-3-2-19-39-28-16-13-25(14-17-28)12-15-26-8-5-10-30-33(26)27(22-32(37)38)23-34(30)18-6-11-31(35)36/h4-5,7-10,12-17,21,23H,2-3,6,11,18-20,22H2,1H3,(H,35,36)(H,37,38). The van der Waals surface area contributed by atoms with E-state index in [1.165, 1.54) is 5.56 Å². The first-order valence-corrected chi connectivity index (χ1v) is 13.5. The largest absolute Gasteiger partial charge is 0.494 e. The van der Waals surface area contributed by atoms with Crippen LogP contribution in [0.25, 0.3) is 23.1 Å². The molecule has 7 nitrogen and oxygen atoms in total. The molecule has 0 aliphatic rings. The summed E-state index contributed by atoms with van der Waals surface area (Å²) in [6, 6.07) is 21.7. The number of unbranched alkanes of at least 4 members (excludes halogenated alkanes) is 1. The fraction of sp³-hybridized carbons (Fsp3) is 0.273. The average Bonchev–Trinajstić information content (AvgIpc) is 3.27. The van der Waals surface area contributed by atoms with Crippen LogP contribution in [0.1, 0.15) is 47.9 Å². The number of carboxylic acids is 2. The lowest BCUT2D eigenvalue weighted by atomic mass is 10.0. The van der Waals surface area contributed by atoms with Crippen LogP contribution in [-0.4, -0.2) is 39.9 Å². The van der Waals surface area contributed by atoms with Crippen LogP contribution in [0.4, 0.5) is 0 Å². The molecule has 0 aliphatic heterocycles. The van der Waals surface area contributed by atoms with Crippen molar-refractivity contribution < 1.29 is 29.3 Å². The summed E-state index contributed by atoms with van der Waals surface area (Å²) >= 11 is 0. The Morgan fingerprint density at radius 1 is 0.825 bits per heavy atom. The summed E-state index contributed by atoms with van der Waals surface area (Å²) in [6.07, 6.45) is 8.05. The third-order valence-corrected chi connectivity index (χ3v) is 6.55. The van der Waals surface area contributed by atoms with Gasteiger partial charge in [0.15, 0.2) is 0 Å². The fourth-order valence-electron chi connectivity index (χ4n) is 4.64. The van der Waals surface area contributed by atoms with Gasteiger partial charge in [0.1, 0.15) is 11.5 Å². The fourth-order valence-corrected chi connectivity index (χ4v) is 4.64. The van der Waals surface area contributed by atoms with Crippen molar-refractivity contribution >= 4 is 35.0 Å². The monoisotopic (exact) mass is 541 g/mol. The first-order chi connectivity index (χ1) is 19.4. The summed E-state index contributed by atoms with van der Waals surface area (Å²) in [6.45, 7) is 3.83. The number of hydrogen-bond donors (Lipinski definition) is 2. The maximum atomic E-state index is 11.5. The maximum Gasteiger partial charge on any atom is 0.307 e. The second-order valence-electron chi connectivity index (χ2n) is 9.78. The predicted octanol–water partition coefficient (Wildman–Crippen LogP) is 6.85. The predicted molar refractivity (Wildman–Crippen MR) is 157 cm³/mol. The quantitative estimate of drug-likeness (QED) is 0.126. The smallest absolute Gasteiger partial charge is 0.307 e. The number of aliphatic carboxylic acids is 2. The minimum atomic E-state index is -0.905. The van der Waals surface area contributed by atoms with E-state index in [0.717, 1.165) is 46.4 Å². The summed E-state index contributed by atoms with van der Waals surface area (Å²) < 4.78 is 13.6.